The van der Waals surface area contributed by atoms with Crippen LogP contribution >= 0.6 is 11.8 Å². The van der Waals surface area contributed by atoms with Gasteiger partial charge in [0.2, 0.25) is 0 Å². The molecule has 0 aromatic heterocycles. The normalized spacial score (nSPS) is 25.6. The van der Waals surface area contributed by atoms with Gasteiger partial charge in [-0.05, 0) is 0 Å². The molecule has 2 aliphatic heterocycles. The first-order chi connectivity index (χ1) is 10.9. The van der Waals surface area contributed by atoms with Crippen LogP contribution in [0.5, 0.6) is 0 Å². The molecule has 0 amide bonds. The van der Waals surface area contributed by atoms with Crippen molar-refractivity contribution in [3.05, 3.63) is 10.4 Å². The van der Waals surface area contributed by atoms with Crippen LogP contribution in [0.25, 0.3) is 0 Å². The van der Waals surface area contributed by atoms with Gasteiger partial charge in [0.1, 0.15) is 0 Å². The minimum atomic E-state index is -0.479. The Morgan fingerprint density at radius 2 is 1.09 bits per heavy atom. The Bertz CT molecular complexity index is 315. The molecule has 23 heavy (non-hydrogen) atoms. The van der Waals surface area contributed by atoms with Gasteiger partial charge in [-0.25, -0.2) is 0 Å². The maximum atomic E-state index is 12.2. The van der Waals surface area contributed by atoms with E-state index >= 15 is 0 Å². The average Bonchev–Trinajstić information content (AvgIpc) is 3.13. The highest BCUT2D eigenvalue weighted by molar-refractivity contribution is 7.99. The summed E-state index contributed by atoms with van der Waals surface area (Å²) in [5.74, 6) is 1.10. The molecule has 6 nitrogen and oxygen atoms in total. The molecule has 0 bridgehead atoms. The molecule has 2 atom stereocenters. The van der Waals surface area contributed by atoms with Crippen molar-refractivity contribution in [2.75, 3.05) is 50.8 Å². The van der Waals surface area contributed by atoms with Crippen molar-refractivity contribution in [2.45, 2.75) is 50.7 Å². The minimum Gasteiger partial charge on any atom is -0.633 e. The zero-order valence-corrected chi connectivity index (χ0v) is 14.9. The van der Waals surface area contributed by atoms with Gasteiger partial charge in [-0.2, -0.15) is 11.8 Å². The van der Waals surface area contributed by atoms with E-state index in [1.165, 1.54) is 11.8 Å². The summed E-state index contributed by atoms with van der Waals surface area (Å²) in [4.78, 5) is 0. The third kappa shape index (κ3) is 6.86. The first-order valence-corrected chi connectivity index (χ1v) is 10.1. The second-order valence-corrected chi connectivity index (χ2v) is 8.37. The third-order valence-corrected chi connectivity index (χ3v) is 6.36. The summed E-state index contributed by atoms with van der Waals surface area (Å²) < 4.78 is -0.290. The lowest BCUT2D eigenvalue weighted by molar-refractivity contribution is -0.868. The topological polar surface area (TPSA) is 86.6 Å². The summed E-state index contributed by atoms with van der Waals surface area (Å²) in [6, 6.07) is 0. The fraction of sp³-hybridized carbons (Fsp3) is 1.00. The van der Waals surface area contributed by atoms with E-state index < -0.39 is 12.2 Å². The molecule has 7 heteroatoms. The molecular weight excluding hydrogens is 316 g/mol. The molecule has 2 unspecified atom stereocenters. The summed E-state index contributed by atoms with van der Waals surface area (Å²) in [6.45, 7) is 3.75. The summed E-state index contributed by atoms with van der Waals surface area (Å²) in [6.07, 6.45) is 4.11. The van der Waals surface area contributed by atoms with Gasteiger partial charge in [-0.3, -0.25) is 0 Å². The van der Waals surface area contributed by atoms with Crippen LogP contribution in [0.3, 0.4) is 0 Å². The van der Waals surface area contributed by atoms with Gasteiger partial charge in [0.05, 0.1) is 51.5 Å². The van der Waals surface area contributed by atoms with Crippen LogP contribution < -0.4 is 0 Å². The Morgan fingerprint density at radius 3 is 1.43 bits per heavy atom. The molecule has 0 aromatic carbocycles. The lowest BCUT2D eigenvalue weighted by Gasteiger charge is -2.39. The summed E-state index contributed by atoms with van der Waals surface area (Å²) in [7, 11) is 0. The van der Waals surface area contributed by atoms with Crippen LogP contribution in [-0.4, -0.2) is 82.5 Å². The van der Waals surface area contributed by atoms with Crippen LogP contribution in [0, 0.1) is 10.4 Å². The number of nitrogens with zero attached hydrogens (tertiary/aromatic N) is 2. The predicted octanol–water partition coefficient (Wildman–Crippen LogP) is 1.44. The zero-order chi connectivity index (χ0) is 16.8. The number of thioether (sulfide) groups is 1. The Labute approximate surface area is 143 Å². The maximum Gasteiger partial charge on any atom is 0.0809 e. The molecule has 2 heterocycles. The maximum absolute atomic E-state index is 12.2. The number of hydrogen-bond donors (Lipinski definition) is 2. The second kappa shape index (κ2) is 8.99. The Hall–Kier alpha value is 0.110. The Kier molecular flexibility index (Phi) is 7.59. The zero-order valence-electron chi connectivity index (χ0n) is 14.1. The molecule has 136 valence electrons. The minimum absolute atomic E-state index is 0.145. The fourth-order valence-electron chi connectivity index (χ4n) is 3.55. The van der Waals surface area contributed by atoms with Crippen LogP contribution in [-0.2, 0) is 0 Å². The van der Waals surface area contributed by atoms with E-state index in [0.29, 0.717) is 63.6 Å². The molecule has 2 aliphatic rings. The number of aliphatic hydroxyl groups excluding tert-OH is 2. The molecule has 2 fully saturated rings. The third-order valence-electron chi connectivity index (χ3n) is 5.12. The lowest BCUT2D eigenvalue weighted by atomic mass is 10.2. The van der Waals surface area contributed by atoms with E-state index in [1.807, 2.05) is 0 Å². The quantitative estimate of drug-likeness (QED) is 0.461. The van der Waals surface area contributed by atoms with E-state index in [4.69, 9.17) is 0 Å². The largest absolute Gasteiger partial charge is 0.633 e. The van der Waals surface area contributed by atoms with E-state index in [-0.39, 0.29) is 9.29 Å². The van der Waals surface area contributed by atoms with E-state index in [2.05, 4.69) is 0 Å². The van der Waals surface area contributed by atoms with Crippen molar-refractivity contribution in [3.63, 3.8) is 0 Å². The van der Waals surface area contributed by atoms with Gasteiger partial charge in [0.15, 0.2) is 0 Å². The molecule has 0 radical (unpaired) electrons. The number of hydrogen-bond acceptors (Lipinski definition) is 5. The number of rotatable bonds is 10. The Morgan fingerprint density at radius 1 is 0.739 bits per heavy atom. The number of quaternary nitrogens is 2. The van der Waals surface area contributed by atoms with Crippen LogP contribution in [0.2, 0.25) is 0 Å². The number of hydroxylamine groups is 6. The Balaban J connectivity index is 1.51. The number of aliphatic hydroxyl groups is 2. The van der Waals surface area contributed by atoms with Gasteiger partial charge in [-0.1, -0.05) is 0 Å². The molecular formula is C16H32N2O4S. The van der Waals surface area contributed by atoms with Crippen molar-refractivity contribution in [1.29, 1.82) is 0 Å². The molecule has 0 spiro atoms. The highest BCUT2D eigenvalue weighted by Crippen LogP contribution is 2.21. The van der Waals surface area contributed by atoms with Crippen LogP contribution in [0.4, 0.5) is 0 Å². The van der Waals surface area contributed by atoms with Crippen molar-refractivity contribution in [2.24, 2.45) is 0 Å². The molecule has 0 aromatic rings. The summed E-state index contributed by atoms with van der Waals surface area (Å²) in [5.41, 5.74) is 0. The van der Waals surface area contributed by atoms with Crippen molar-refractivity contribution >= 4 is 11.8 Å². The predicted molar refractivity (Wildman–Crippen MR) is 93.5 cm³/mol. The van der Waals surface area contributed by atoms with Crippen LogP contribution in [0.1, 0.15) is 38.5 Å². The summed E-state index contributed by atoms with van der Waals surface area (Å²) >= 11 is 1.51. The van der Waals surface area contributed by atoms with E-state index in [1.54, 1.807) is 0 Å². The SMILES string of the molecule is [O-][N+]1(CCC(O)CSCC(O)CC[N+]2([O-])CCCC2)CCCC1. The van der Waals surface area contributed by atoms with E-state index in [9.17, 15) is 20.6 Å². The second-order valence-electron chi connectivity index (χ2n) is 7.29. The van der Waals surface area contributed by atoms with Gasteiger partial charge < -0.3 is 29.9 Å². The van der Waals surface area contributed by atoms with Gasteiger partial charge in [0, 0.05) is 50.0 Å². The monoisotopic (exact) mass is 348 g/mol. The van der Waals surface area contributed by atoms with Gasteiger partial charge in [0.25, 0.3) is 0 Å². The van der Waals surface area contributed by atoms with Crippen molar-refractivity contribution in [3.8, 4) is 0 Å². The number of likely N-dealkylation sites (tertiary alicyclic amines) is 2. The standard InChI is InChI=1S/C16H32N2O4S/c19-15(5-11-17(21)7-1-2-8-17)13-23-14-16(20)6-12-18(22)9-3-4-10-18/h15-16,19-20H,1-14H2. The highest BCUT2D eigenvalue weighted by atomic mass is 32.2. The smallest absolute Gasteiger partial charge is 0.0809 e. The molecule has 2 rings (SSSR count). The molecule has 0 aliphatic carbocycles. The van der Waals surface area contributed by atoms with Crippen molar-refractivity contribution < 1.29 is 19.5 Å². The van der Waals surface area contributed by atoms with Crippen LogP contribution in [0.15, 0.2) is 0 Å². The first-order valence-electron chi connectivity index (χ1n) is 8.99. The van der Waals surface area contributed by atoms with E-state index in [0.717, 1.165) is 25.7 Å². The average molecular weight is 349 g/mol. The van der Waals surface area contributed by atoms with Gasteiger partial charge in [-0.15, -0.1) is 0 Å². The first kappa shape index (κ1) is 19.4. The van der Waals surface area contributed by atoms with Gasteiger partial charge >= 0.3 is 0 Å². The molecule has 2 N–H and O–H groups in total. The summed E-state index contributed by atoms with van der Waals surface area (Å²) in [5, 5.41) is 44.3. The highest BCUT2D eigenvalue weighted by Gasteiger charge is 2.25. The molecule has 2 saturated heterocycles. The fourth-order valence-corrected chi connectivity index (χ4v) is 4.56. The lowest BCUT2D eigenvalue weighted by Crippen LogP contribution is -2.41. The van der Waals surface area contributed by atoms with Crippen molar-refractivity contribution in [1.82, 2.24) is 0 Å². The molecule has 0 saturated carbocycles.